The topological polar surface area (TPSA) is 23.8 Å². The Morgan fingerprint density at radius 2 is 1.67 bits per heavy atom. The van der Waals surface area contributed by atoms with E-state index in [2.05, 4.69) is 0 Å². The van der Waals surface area contributed by atoms with Crippen LogP contribution >= 0.6 is 0 Å². The maximum absolute atomic E-state index is 6.94. The summed E-state index contributed by atoms with van der Waals surface area (Å²) in [5, 5.41) is 0. The van der Waals surface area contributed by atoms with Crippen LogP contribution < -0.4 is 0 Å². The summed E-state index contributed by atoms with van der Waals surface area (Å²) in [5.74, 6) is 0. The Bertz CT molecular complexity index is 150. The summed E-state index contributed by atoms with van der Waals surface area (Å²) < 4.78 is 0. The van der Waals surface area contributed by atoms with Crippen molar-refractivity contribution in [3.05, 3.63) is 41.6 Å². The third-order valence-electron chi connectivity index (χ3n) is 1.05. The van der Waals surface area contributed by atoms with Crippen LogP contribution in [-0.2, 0) is 6.54 Å². The third-order valence-corrected chi connectivity index (χ3v) is 1.05. The largest absolute Gasteiger partial charge is 0.674 e. The van der Waals surface area contributed by atoms with Gasteiger partial charge in [0.2, 0.25) is 0 Å². The molecular formula is C7H8NRf-. The molecule has 1 nitrogen and oxygen atoms in total. The first kappa shape index (κ1) is 7.18. The predicted molar refractivity (Wildman–Crippen MR) is 34.5 cm³/mol. The van der Waals surface area contributed by atoms with E-state index < -0.39 is 0 Å². The summed E-state index contributed by atoms with van der Waals surface area (Å²) >= 11 is 0. The molecule has 1 N–H and O–H groups in total. The summed E-state index contributed by atoms with van der Waals surface area (Å²) in [6, 6.07) is 9.76. The van der Waals surface area contributed by atoms with E-state index in [1.54, 1.807) is 0 Å². The molecule has 2 heteroatoms. The number of hydrogen-bond acceptors (Lipinski definition) is 0. The maximum atomic E-state index is 6.94. The quantitative estimate of drug-likeness (QED) is 0.721. The van der Waals surface area contributed by atoms with Crippen LogP contribution in [0.1, 0.15) is 5.56 Å². The molecule has 0 aliphatic heterocycles. The van der Waals surface area contributed by atoms with Gasteiger partial charge < -0.3 is 5.73 Å². The van der Waals surface area contributed by atoms with E-state index in [1.165, 1.54) is 0 Å². The monoisotopic (exact) mass is 373 g/mol. The van der Waals surface area contributed by atoms with Crippen molar-refractivity contribution < 1.29 is 0 Å². The molecule has 0 saturated carbocycles. The molecule has 0 radical (unpaired) electrons. The van der Waals surface area contributed by atoms with Gasteiger partial charge in [0.15, 0.2) is 0 Å². The minimum atomic E-state index is 0. The Labute approximate surface area is 49.1 Å². The first-order valence-corrected chi connectivity index (χ1v) is 2.62. The first-order chi connectivity index (χ1) is 3.93. The van der Waals surface area contributed by atoms with Crippen LogP contribution in [0, 0.1) is 0 Å². The van der Waals surface area contributed by atoms with E-state index in [1.807, 2.05) is 30.3 Å². The van der Waals surface area contributed by atoms with Crippen molar-refractivity contribution in [1.29, 1.82) is 0 Å². The van der Waals surface area contributed by atoms with Crippen molar-refractivity contribution in [2.75, 3.05) is 0 Å². The third kappa shape index (κ3) is 1.61. The molecule has 1 aromatic rings. The molecule has 0 aliphatic carbocycles. The van der Waals surface area contributed by atoms with Crippen LogP contribution in [0.4, 0.5) is 0 Å². The fraction of sp³-hybridized carbons (Fsp3) is 0.143. The number of hydrogen-bond donors (Lipinski definition) is 0. The van der Waals surface area contributed by atoms with Crippen molar-refractivity contribution >= 4 is 0 Å². The SMILES string of the molecule is [NH-]Cc1ccccc1.[Rf]. The average Bonchev–Trinajstić information content (AvgIpc) is 1.90. The summed E-state index contributed by atoms with van der Waals surface area (Å²) in [6.07, 6.45) is 0. The van der Waals surface area contributed by atoms with Crippen molar-refractivity contribution in [2.24, 2.45) is 0 Å². The van der Waals surface area contributed by atoms with Crippen LogP contribution in [-0.4, -0.2) is 0 Å². The van der Waals surface area contributed by atoms with E-state index in [9.17, 15) is 0 Å². The van der Waals surface area contributed by atoms with Gasteiger partial charge in [-0.2, -0.15) is 0 Å². The predicted octanol–water partition coefficient (Wildman–Crippen LogP) is 2.24. The first-order valence-electron chi connectivity index (χ1n) is 2.62. The molecule has 0 amide bonds. The molecule has 0 unspecified atom stereocenters. The van der Waals surface area contributed by atoms with E-state index in [4.69, 9.17) is 5.73 Å². The molecule has 0 bridgehead atoms. The molecule has 44 valence electrons. The molecule has 0 fully saturated rings. The van der Waals surface area contributed by atoms with E-state index in [0.717, 1.165) is 5.56 Å². The van der Waals surface area contributed by atoms with Gasteiger partial charge >= 0.3 is 0 Å². The molecule has 0 spiro atoms. The number of benzene rings is 1. The van der Waals surface area contributed by atoms with Crippen molar-refractivity contribution in [2.45, 2.75) is 6.54 Å². The molecule has 9 heavy (non-hydrogen) atoms. The van der Waals surface area contributed by atoms with Crippen molar-refractivity contribution in [3.63, 3.8) is 0 Å². The van der Waals surface area contributed by atoms with Gasteiger partial charge in [0.05, 0.1) is 0 Å². The minimum Gasteiger partial charge on any atom is -0.674 e. The Morgan fingerprint density at radius 1 is 1.11 bits per heavy atom. The minimum absolute atomic E-state index is 0. The van der Waals surface area contributed by atoms with Gasteiger partial charge in [-0.3, -0.25) is 0 Å². The standard InChI is InChI=1S/C7H8N.Rf/c8-6-7-4-2-1-3-5-7;/h1-5,8H,6H2;/q-1;. The zero-order chi connectivity index (χ0) is 5.82. The maximum Gasteiger partial charge on any atom is 0 e. The molecular weight excluding hydrogens is 365 g/mol. The molecule has 0 aromatic heterocycles. The molecule has 0 saturated heterocycles. The normalized spacial score (nSPS) is 8.11. The zero-order valence-corrected chi connectivity index (χ0v) is 11.7. The summed E-state index contributed by atoms with van der Waals surface area (Å²) in [4.78, 5) is 0. The second-order valence-electron chi connectivity index (χ2n) is 1.66. The van der Waals surface area contributed by atoms with E-state index >= 15 is 0 Å². The van der Waals surface area contributed by atoms with Gasteiger partial charge in [0.25, 0.3) is 0 Å². The Morgan fingerprint density at radius 3 is 2.00 bits per heavy atom. The fourth-order valence-corrected chi connectivity index (χ4v) is 0.596. The average molecular weight is 373 g/mol. The number of nitrogens with one attached hydrogen (secondary N) is 1. The number of rotatable bonds is 1. The summed E-state index contributed by atoms with van der Waals surface area (Å²) in [6.45, 7) is 0.390. The molecule has 0 heterocycles. The van der Waals surface area contributed by atoms with Gasteiger partial charge in [-0.1, -0.05) is 35.9 Å². The molecule has 1 rings (SSSR count). The van der Waals surface area contributed by atoms with Crippen LogP contribution in [0.2, 0.25) is 0 Å². The van der Waals surface area contributed by atoms with Crippen LogP contribution in [0.25, 0.3) is 5.73 Å². The second kappa shape index (κ2) is 3.22. The van der Waals surface area contributed by atoms with Gasteiger partial charge in [0.1, 0.15) is 0 Å². The van der Waals surface area contributed by atoms with Gasteiger partial charge in [-0.25, -0.2) is 0 Å². The summed E-state index contributed by atoms with van der Waals surface area (Å²) in [5.41, 5.74) is 8.02. The van der Waals surface area contributed by atoms with Crippen LogP contribution in [0.5, 0.6) is 0 Å². The molecule has 0 aliphatic rings. The van der Waals surface area contributed by atoms with E-state index in [-0.39, 0.29) is 0 Å². The van der Waals surface area contributed by atoms with Gasteiger partial charge in [-0.15, -0.1) is 6.54 Å². The van der Waals surface area contributed by atoms with Crippen molar-refractivity contribution in [1.82, 2.24) is 0 Å². The van der Waals surface area contributed by atoms with Gasteiger partial charge in [-0.05, 0) is 0 Å². The smallest absolute Gasteiger partial charge is 0 e. The Kier molecular flexibility index (Phi) is 2.57. The van der Waals surface area contributed by atoms with Crippen LogP contribution in [0.3, 0.4) is 0 Å². The zero-order valence-electron chi connectivity index (χ0n) is 5.30. The van der Waals surface area contributed by atoms with Crippen molar-refractivity contribution in [3.8, 4) is 0 Å². The fourth-order valence-electron chi connectivity index (χ4n) is 0.596. The Hall–Kier alpha value is -1.82. The van der Waals surface area contributed by atoms with E-state index in [0.29, 0.717) is 6.54 Å². The van der Waals surface area contributed by atoms with Gasteiger partial charge in [0, 0.05) is 0 Å². The molecule has 1 aromatic carbocycles. The molecule has 0 atom stereocenters. The Balaban J connectivity index is 0.000000640. The van der Waals surface area contributed by atoms with Crippen LogP contribution in [0.15, 0.2) is 30.3 Å². The summed E-state index contributed by atoms with van der Waals surface area (Å²) in [7, 11) is 0. The second-order valence-corrected chi connectivity index (χ2v) is 1.66.